The third-order valence-electron chi connectivity index (χ3n) is 2.27. The summed E-state index contributed by atoms with van der Waals surface area (Å²) < 4.78 is 5.26. The van der Waals surface area contributed by atoms with Gasteiger partial charge >= 0.3 is 5.97 Å². The maximum atomic E-state index is 10.7. The number of aliphatic carboxylic acids is 1. The summed E-state index contributed by atoms with van der Waals surface area (Å²) in [6.07, 6.45) is -1.61. The highest BCUT2D eigenvalue weighted by molar-refractivity contribution is 5.72. The lowest BCUT2D eigenvalue weighted by molar-refractivity contribution is -0.144. The summed E-state index contributed by atoms with van der Waals surface area (Å²) in [6, 6.07) is 5.28. The number of benzene rings is 1. The van der Waals surface area contributed by atoms with Crippen molar-refractivity contribution in [1.29, 1.82) is 0 Å². The number of hydrogen-bond donors (Lipinski definition) is 2. The standard InChI is InChI=1S/C12H16O4/c1-7-4-5-11(10(6-7)8(2)13)16-9(3)12(14)15/h4-6,8-9,13H,1-3H3,(H,14,15)/t8-,9?/m0/s1. The van der Waals surface area contributed by atoms with E-state index in [4.69, 9.17) is 9.84 Å². The van der Waals surface area contributed by atoms with Gasteiger partial charge in [0.05, 0.1) is 6.10 Å². The zero-order valence-electron chi connectivity index (χ0n) is 9.60. The average molecular weight is 224 g/mol. The van der Waals surface area contributed by atoms with Crippen LogP contribution in [0.25, 0.3) is 0 Å². The molecule has 0 aromatic heterocycles. The molecule has 0 fully saturated rings. The molecule has 0 aliphatic carbocycles. The topological polar surface area (TPSA) is 66.8 Å². The first-order chi connectivity index (χ1) is 7.41. The molecule has 4 nitrogen and oxygen atoms in total. The lowest BCUT2D eigenvalue weighted by atomic mass is 10.1. The molecule has 4 heteroatoms. The Labute approximate surface area is 94.5 Å². The number of ether oxygens (including phenoxy) is 1. The van der Waals surface area contributed by atoms with Gasteiger partial charge in [-0.3, -0.25) is 0 Å². The van der Waals surface area contributed by atoms with Gasteiger partial charge in [-0.1, -0.05) is 11.6 Å². The van der Waals surface area contributed by atoms with Crippen LogP contribution in [0.1, 0.15) is 31.1 Å². The highest BCUT2D eigenvalue weighted by Gasteiger charge is 2.16. The smallest absolute Gasteiger partial charge is 0.344 e. The summed E-state index contributed by atoms with van der Waals surface area (Å²) in [4.78, 5) is 10.7. The van der Waals surface area contributed by atoms with E-state index in [0.717, 1.165) is 5.56 Å². The first-order valence-electron chi connectivity index (χ1n) is 5.10. The van der Waals surface area contributed by atoms with Crippen LogP contribution in [0.5, 0.6) is 5.75 Å². The van der Waals surface area contributed by atoms with Gasteiger partial charge in [0.15, 0.2) is 6.10 Å². The molecule has 0 bridgehead atoms. The number of aliphatic hydroxyl groups is 1. The van der Waals surface area contributed by atoms with Crippen LogP contribution in [0.3, 0.4) is 0 Å². The SMILES string of the molecule is Cc1ccc(OC(C)C(=O)O)c([C@H](C)O)c1. The van der Waals surface area contributed by atoms with E-state index in [2.05, 4.69) is 0 Å². The molecular formula is C12H16O4. The molecule has 0 saturated carbocycles. The van der Waals surface area contributed by atoms with E-state index >= 15 is 0 Å². The summed E-state index contributed by atoms with van der Waals surface area (Å²) in [5.74, 6) is -0.618. The van der Waals surface area contributed by atoms with Gasteiger partial charge in [-0.2, -0.15) is 0 Å². The maximum absolute atomic E-state index is 10.7. The van der Waals surface area contributed by atoms with Crippen LogP contribution in [0.4, 0.5) is 0 Å². The molecule has 0 heterocycles. The van der Waals surface area contributed by atoms with Gasteiger partial charge in [0.1, 0.15) is 5.75 Å². The Kier molecular flexibility index (Phi) is 3.90. The van der Waals surface area contributed by atoms with E-state index in [1.54, 1.807) is 19.1 Å². The summed E-state index contributed by atoms with van der Waals surface area (Å²) in [6.45, 7) is 4.97. The second-order valence-corrected chi connectivity index (χ2v) is 3.82. The predicted molar refractivity (Wildman–Crippen MR) is 59.5 cm³/mol. The van der Waals surface area contributed by atoms with Crippen LogP contribution in [0.2, 0.25) is 0 Å². The molecule has 0 aliphatic heterocycles. The molecule has 2 atom stereocenters. The molecular weight excluding hydrogens is 208 g/mol. The van der Waals surface area contributed by atoms with Gasteiger partial charge in [0.25, 0.3) is 0 Å². The Morgan fingerprint density at radius 3 is 2.50 bits per heavy atom. The van der Waals surface area contributed by atoms with Crippen molar-refractivity contribution in [3.8, 4) is 5.75 Å². The molecule has 0 saturated heterocycles. The molecule has 0 amide bonds. The monoisotopic (exact) mass is 224 g/mol. The van der Waals surface area contributed by atoms with Gasteiger partial charge in [0, 0.05) is 5.56 Å². The molecule has 0 radical (unpaired) electrons. The largest absolute Gasteiger partial charge is 0.479 e. The van der Waals surface area contributed by atoms with Gasteiger partial charge in [-0.15, -0.1) is 0 Å². The Balaban J connectivity index is 2.99. The van der Waals surface area contributed by atoms with Crippen molar-refractivity contribution in [3.05, 3.63) is 29.3 Å². The summed E-state index contributed by atoms with van der Waals surface area (Å²) in [7, 11) is 0. The Bertz CT molecular complexity index is 385. The van der Waals surface area contributed by atoms with Crippen molar-refractivity contribution < 1.29 is 19.7 Å². The summed E-state index contributed by atoms with van der Waals surface area (Å²) in [5, 5.41) is 18.3. The van der Waals surface area contributed by atoms with Crippen LogP contribution in [-0.2, 0) is 4.79 Å². The molecule has 88 valence electrons. The number of carbonyl (C=O) groups is 1. The van der Waals surface area contributed by atoms with Crippen LogP contribution in [0.15, 0.2) is 18.2 Å². The van der Waals surface area contributed by atoms with Crippen LogP contribution < -0.4 is 4.74 Å². The average Bonchev–Trinajstić information content (AvgIpc) is 2.20. The lowest BCUT2D eigenvalue weighted by Gasteiger charge is -2.16. The van der Waals surface area contributed by atoms with E-state index in [1.807, 2.05) is 13.0 Å². The number of rotatable bonds is 4. The van der Waals surface area contributed by atoms with Crippen molar-refractivity contribution in [3.63, 3.8) is 0 Å². The molecule has 16 heavy (non-hydrogen) atoms. The minimum absolute atomic E-state index is 0.413. The minimum atomic E-state index is -1.03. The minimum Gasteiger partial charge on any atom is -0.479 e. The third kappa shape index (κ3) is 2.97. The zero-order valence-corrected chi connectivity index (χ0v) is 9.60. The van der Waals surface area contributed by atoms with Crippen molar-refractivity contribution >= 4 is 5.97 Å². The van der Waals surface area contributed by atoms with Gasteiger partial charge in [-0.05, 0) is 32.9 Å². The second-order valence-electron chi connectivity index (χ2n) is 3.82. The fourth-order valence-corrected chi connectivity index (χ4v) is 1.34. The third-order valence-corrected chi connectivity index (χ3v) is 2.27. The second kappa shape index (κ2) is 4.99. The quantitative estimate of drug-likeness (QED) is 0.819. The molecule has 1 aromatic rings. The summed E-state index contributed by atoms with van der Waals surface area (Å²) >= 11 is 0. The van der Waals surface area contributed by atoms with Crippen molar-refractivity contribution in [2.24, 2.45) is 0 Å². The molecule has 1 aromatic carbocycles. The predicted octanol–water partition coefficient (Wildman–Crippen LogP) is 1.90. The Morgan fingerprint density at radius 1 is 1.38 bits per heavy atom. The maximum Gasteiger partial charge on any atom is 0.344 e. The molecule has 2 N–H and O–H groups in total. The normalized spacial score (nSPS) is 14.2. The van der Waals surface area contributed by atoms with Gasteiger partial charge in [-0.25, -0.2) is 4.79 Å². The van der Waals surface area contributed by atoms with Crippen LogP contribution in [0, 0.1) is 6.92 Å². The zero-order chi connectivity index (χ0) is 12.3. The van der Waals surface area contributed by atoms with Crippen LogP contribution >= 0.6 is 0 Å². The van der Waals surface area contributed by atoms with Gasteiger partial charge < -0.3 is 14.9 Å². The number of aryl methyl sites for hydroxylation is 1. The van der Waals surface area contributed by atoms with Crippen LogP contribution in [-0.4, -0.2) is 22.3 Å². The highest BCUT2D eigenvalue weighted by atomic mass is 16.5. The highest BCUT2D eigenvalue weighted by Crippen LogP contribution is 2.27. The first-order valence-corrected chi connectivity index (χ1v) is 5.10. The lowest BCUT2D eigenvalue weighted by Crippen LogP contribution is -2.23. The Hall–Kier alpha value is -1.55. The van der Waals surface area contributed by atoms with E-state index in [0.29, 0.717) is 11.3 Å². The van der Waals surface area contributed by atoms with Crippen molar-refractivity contribution in [1.82, 2.24) is 0 Å². The summed E-state index contributed by atoms with van der Waals surface area (Å²) in [5.41, 5.74) is 1.60. The number of carboxylic acids is 1. The molecule has 1 unspecified atom stereocenters. The van der Waals surface area contributed by atoms with Gasteiger partial charge in [0.2, 0.25) is 0 Å². The molecule has 1 rings (SSSR count). The van der Waals surface area contributed by atoms with E-state index in [1.165, 1.54) is 6.92 Å². The number of aliphatic hydroxyl groups excluding tert-OH is 1. The number of hydrogen-bond acceptors (Lipinski definition) is 3. The first kappa shape index (κ1) is 12.5. The Morgan fingerprint density at radius 2 is 2.00 bits per heavy atom. The van der Waals surface area contributed by atoms with E-state index < -0.39 is 18.2 Å². The molecule has 0 spiro atoms. The number of carboxylic acid groups (broad SMARTS) is 1. The fraction of sp³-hybridized carbons (Fsp3) is 0.417. The van der Waals surface area contributed by atoms with Crippen molar-refractivity contribution in [2.75, 3.05) is 0 Å². The van der Waals surface area contributed by atoms with E-state index in [9.17, 15) is 9.90 Å². The van der Waals surface area contributed by atoms with Crippen molar-refractivity contribution in [2.45, 2.75) is 33.0 Å². The molecule has 0 aliphatic rings. The van der Waals surface area contributed by atoms with E-state index in [-0.39, 0.29) is 0 Å². The fourth-order valence-electron chi connectivity index (χ4n) is 1.34.